The van der Waals surface area contributed by atoms with Gasteiger partial charge >= 0.3 is 0 Å². The maximum absolute atomic E-state index is 13.9. The first-order valence-corrected chi connectivity index (χ1v) is 8.45. The number of hydrogen-bond acceptors (Lipinski definition) is 2. The minimum absolute atomic E-state index is 0. The van der Waals surface area contributed by atoms with Crippen molar-refractivity contribution >= 4 is 40.7 Å². The first-order valence-electron chi connectivity index (χ1n) is 7.66. The van der Waals surface area contributed by atoms with Crippen molar-refractivity contribution in [2.24, 2.45) is 5.92 Å². The summed E-state index contributed by atoms with van der Waals surface area (Å²) in [5.41, 5.74) is 1.14. The smallest absolute Gasteiger partial charge is 0.137 e. The lowest BCUT2D eigenvalue weighted by Gasteiger charge is -2.39. The van der Waals surface area contributed by atoms with E-state index >= 15 is 0 Å². The average molecular weight is 414 g/mol. The number of rotatable bonds is 3. The lowest BCUT2D eigenvalue weighted by Crippen LogP contribution is -2.46. The molecule has 1 saturated carbocycles. The van der Waals surface area contributed by atoms with Crippen molar-refractivity contribution in [2.75, 3.05) is 26.2 Å². The van der Waals surface area contributed by atoms with Gasteiger partial charge in [-0.1, -0.05) is 25.0 Å². The fourth-order valence-electron chi connectivity index (χ4n) is 3.73. The van der Waals surface area contributed by atoms with E-state index in [1.807, 2.05) is 6.07 Å². The van der Waals surface area contributed by atoms with Crippen molar-refractivity contribution in [3.63, 3.8) is 0 Å². The number of halogens is 4. The summed E-state index contributed by atoms with van der Waals surface area (Å²) in [4.78, 5) is 2.55. The fourth-order valence-corrected chi connectivity index (χ4v) is 4.23. The number of nitrogens with one attached hydrogen (secondary N) is 1. The molecule has 0 aromatic heterocycles. The SMILES string of the molecule is Cl.Cl.Fc1cccc([C@@H](C2CCCC2)N2CCNCC2)c1Br. The third-order valence-corrected chi connectivity index (χ3v) is 5.53. The molecule has 3 rings (SSSR count). The summed E-state index contributed by atoms with van der Waals surface area (Å²) in [6, 6.07) is 5.85. The molecule has 1 aliphatic heterocycles. The lowest BCUT2D eigenvalue weighted by atomic mass is 9.89. The number of nitrogens with zero attached hydrogens (tertiary/aromatic N) is 1. The van der Waals surface area contributed by atoms with E-state index in [4.69, 9.17) is 0 Å². The fraction of sp³-hybridized carbons (Fsp3) is 0.625. The van der Waals surface area contributed by atoms with E-state index in [9.17, 15) is 4.39 Å². The second-order valence-corrected chi connectivity index (χ2v) is 6.71. The van der Waals surface area contributed by atoms with E-state index in [0.29, 0.717) is 16.4 Å². The van der Waals surface area contributed by atoms with Gasteiger partial charge in [0, 0.05) is 32.2 Å². The van der Waals surface area contributed by atoms with Gasteiger partial charge in [-0.15, -0.1) is 24.8 Å². The van der Waals surface area contributed by atoms with Crippen LogP contribution in [0.5, 0.6) is 0 Å². The molecule has 1 heterocycles. The van der Waals surface area contributed by atoms with Gasteiger partial charge in [0.15, 0.2) is 0 Å². The van der Waals surface area contributed by atoms with Gasteiger partial charge in [0.1, 0.15) is 5.82 Å². The third kappa shape index (κ3) is 4.35. The van der Waals surface area contributed by atoms with Gasteiger partial charge in [-0.2, -0.15) is 0 Å². The molecule has 0 spiro atoms. The van der Waals surface area contributed by atoms with Crippen molar-refractivity contribution in [3.8, 4) is 0 Å². The number of hydrogen-bond donors (Lipinski definition) is 1. The molecule has 0 amide bonds. The van der Waals surface area contributed by atoms with Crippen molar-refractivity contribution in [2.45, 2.75) is 31.7 Å². The molecule has 1 saturated heterocycles. The lowest BCUT2D eigenvalue weighted by molar-refractivity contribution is 0.125. The Balaban J connectivity index is 0.00000121. The van der Waals surface area contributed by atoms with Crippen molar-refractivity contribution in [1.82, 2.24) is 10.2 Å². The summed E-state index contributed by atoms with van der Waals surface area (Å²) in [5.74, 6) is 0.534. The molecule has 1 aromatic carbocycles. The minimum atomic E-state index is -0.138. The topological polar surface area (TPSA) is 15.3 Å². The van der Waals surface area contributed by atoms with Crippen LogP contribution in [-0.2, 0) is 0 Å². The molecule has 1 atom stereocenters. The van der Waals surface area contributed by atoms with E-state index in [0.717, 1.165) is 31.7 Å². The highest BCUT2D eigenvalue weighted by Gasteiger charge is 2.33. The summed E-state index contributed by atoms with van der Waals surface area (Å²) in [6.45, 7) is 4.19. The van der Waals surface area contributed by atoms with Crippen molar-refractivity contribution in [1.29, 1.82) is 0 Å². The highest BCUT2D eigenvalue weighted by atomic mass is 79.9. The summed E-state index contributed by atoms with van der Waals surface area (Å²) < 4.78 is 14.6. The first-order chi connectivity index (χ1) is 9.77. The van der Waals surface area contributed by atoms with Crippen LogP contribution in [0.15, 0.2) is 22.7 Å². The van der Waals surface area contributed by atoms with Crippen LogP contribution in [0.2, 0.25) is 0 Å². The van der Waals surface area contributed by atoms with Gasteiger partial charge < -0.3 is 5.32 Å². The van der Waals surface area contributed by atoms with Crippen LogP contribution < -0.4 is 5.32 Å². The van der Waals surface area contributed by atoms with Crippen LogP contribution in [-0.4, -0.2) is 31.1 Å². The third-order valence-electron chi connectivity index (χ3n) is 4.69. The van der Waals surface area contributed by atoms with Crippen molar-refractivity contribution in [3.05, 3.63) is 34.1 Å². The summed E-state index contributed by atoms with van der Waals surface area (Å²) >= 11 is 3.48. The zero-order valence-corrected chi connectivity index (χ0v) is 15.8. The van der Waals surface area contributed by atoms with Crippen LogP contribution in [0, 0.1) is 11.7 Å². The standard InChI is InChI=1S/C16H22BrFN2.2ClH/c17-15-13(6-3-7-14(15)18)16(12-4-1-2-5-12)20-10-8-19-9-11-20;;/h3,6-7,12,16,19H,1-2,4-5,8-11H2;2*1H/t16-;;/m1../s1. The molecule has 0 unspecified atom stereocenters. The van der Waals surface area contributed by atoms with E-state index in [1.54, 1.807) is 0 Å². The molecular weight excluding hydrogens is 390 g/mol. The largest absolute Gasteiger partial charge is 0.314 e. The monoisotopic (exact) mass is 412 g/mol. The van der Waals surface area contributed by atoms with E-state index in [1.165, 1.54) is 31.7 Å². The number of benzene rings is 1. The maximum atomic E-state index is 13.9. The Labute approximate surface area is 153 Å². The molecule has 22 heavy (non-hydrogen) atoms. The van der Waals surface area contributed by atoms with Crippen LogP contribution >= 0.6 is 40.7 Å². The van der Waals surface area contributed by atoms with Gasteiger partial charge in [0.2, 0.25) is 0 Å². The molecular formula is C16H24BrCl2FN2. The quantitative estimate of drug-likeness (QED) is 0.780. The number of piperazine rings is 1. The molecule has 6 heteroatoms. The Kier molecular flexibility index (Phi) is 8.65. The molecule has 126 valence electrons. The maximum Gasteiger partial charge on any atom is 0.137 e. The normalized spacial score (nSPS) is 21.0. The average Bonchev–Trinajstić information content (AvgIpc) is 2.99. The van der Waals surface area contributed by atoms with Crippen molar-refractivity contribution < 1.29 is 4.39 Å². The molecule has 0 bridgehead atoms. The molecule has 2 nitrogen and oxygen atoms in total. The highest BCUT2D eigenvalue weighted by Crippen LogP contribution is 2.42. The second-order valence-electron chi connectivity index (χ2n) is 5.92. The van der Waals surface area contributed by atoms with Crippen LogP contribution in [0.1, 0.15) is 37.3 Å². The second kappa shape index (κ2) is 9.43. The molecule has 1 N–H and O–H groups in total. The molecule has 2 aliphatic rings. The Morgan fingerprint density at radius 3 is 2.41 bits per heavy atom. The van der Waals surface area contributed by atoms with Crippen LogP contribution in [0.3, 0.4) is 0 Å². The summed E-state index contributed by atoms with van der Waals surface area (Å²) in [7, 11) is 0. The molecule has 1 aromatic rings. The van der Waals surface area contributed by atoms with E-state index < -0.39 is 0 Å². The predicted molar refractivity (Wildman–Crippen MR) is 97.7 cm³/mol. The van der Waals surface area contributed by atoms with Gasteiger partial charge in [-0.3, -0.25) is 4.90 Å². The summed E-state index contributed by atoms with van der Waals surface area (Å²) in [5, 5.41) is 3.41. The van der Waals surface area contributed by atoms with Gasteiger partial charge in [-0.05, 0) is 46.3 Å². The van der Waals surface area contributed by atoms with Crippen LogP contribution in [0.4, 0.5) is 4.39 Å². The Morgan fingerprint density at radius 1 is 1.14 bits per heavy atom. The Bertz CT molecular complexity index is 463. The zero-order chi connectivity index (χ0) is 13.9. The van der Waals surface area contributed by atoms with Gasteiger partial charge in [0.25, 0.3) is 0 Å². The summed E-state index contributed by atoms with van der Waals surface area (Å²) in [6.07, 6.45) is 5.19. The van der Waals surface area contributed by atoms with Crippen LogP contribution in [0.25, 0.3) is 0 Å². The Morgan fingerprint density at radius 2 is 1.77 bits per heavy atom. The molecule has 0 radical (unpaired) electrons. The first kappa shape index (κ1) is 20.2. The zero-order valence-electron chi connectivity index (χ0n) is 12.6. The van der Waals surface area contributed by atoms with Gasteiger partial charge in [-0.25, -0.2) is 4.39 Å². The molecule has 1 aliphatic carbocycles. The van der Waals surface area contributed by atoms with E-state index in [2.05, 4.69) is 32.2 Å². The van der Waals surface area contributed by atoms with E-state index in [-0.39, 0.29) is 30.6 Å². The Hall–Kier alpha value is 0.130. The highest BCUT2D eigenvalue weighted by molar-refractivity contribution is 9.10. The predicted octanol–water partition coefficient (Wildman–Crippen LogP) is 4.57. The minimum Gasteiger partial charge on any atom is -0.314 e. The molecule has 2 fully saturated rings. The van der Waals surface area contributed by atoms with Gasteiger partial charge in [0.05, 0.1) is 4.47 Å².